The lowest BCUT2D eigenvalue weighted by molar-refractivity contribution is 0.102. The molecular weight excluding hydrogens is 364 g/mol. The van der Waals surface area contributed by atoms with Crippen LogP contribution in [0.1, 0.15) is 29.8 Å². The van der Waals surface area contributed by atoms with Crippen molar-refractivity contribution in [2.45, 2.75) is 13.8 Å². The SMILES string of the molecule is CCN(CC)c1ccc(Nc2ncc(C(=O)Nc3ccc(C#N)cc3)cn2)cc1. The van der Waals surface area contributed by atoms with Gasteiger partial charge in [-0.3, -0.25) is 4.79 Å². The average Bonchev–Trinajstić information content (AvgIpc) is 2.77. The quantitative estimate of drug-likeness (QED) is 0.632. The lowest BCUT2D eigenvalue weighted by Crippen LogP contribution is -2.21. The Kier molecular flexibility index (Phi) is 6.38. The van der Waals surface area contributed by atoms with Gasteiger partial charge >= 0.3 is 0 Å². The number of amides is 1. The third-order valence-electron chi connectivity index (χ3n) is 4.44. The first-order chi connectivity index (χ1) is 14.1. The summed E-state index contributed by atoms with van der Waals surface area (Å²) in [6.07, 6.45) is 2.94. The molecule has 0 spiro atoms. The lowest BCUT2D eigenvalue weighted by atomic mass is 10.2. The van der Waals surface area contributed by atoms with Crippen molar-refractivity contribution in [1.29, 1.82) is 5.26 Å². The van der Waals surface area contributed by atoms with Crippen molar-refractivity contribution in [2.24, 2.45) is 0 Å². The van der Waals surface area contributed by atoms with Crippen LogP contribution in [0.3, 0.4) is 0 Å². The molecule has 0 saturated heterocycles. The normalized spacial score (nSPS) is 10.1. The summed E-state index contributed by atoms with van der Waals surface area (Å²) in [7, 11) is 0. The Morgan fingerprint density at radius 1 is 0.966 bits per heavy atom. The predicted molar refractivity (Wildman–Crippen MR) is 114 cm³/mol. The van der Waals surface area contributed by atoms with Crippen molar-refractivity contribution in [2.75, 3.05) is 28.6 Å². The predicted octanol–water partition coefficient (Wildman–Crippen LogP) is 4.19. The van der Waals surface area contributed by atoms with Crippen LogP contribution in [0.15, 0.2) is 60.9 Å². The van der Waals surface area contributed by atoms with E-state index in [1.54, 1.807) is 24.3 Å². The Balaban J connectivity index is 1.62. The zero-order valence-electron chi connectivity index (χ0n) is 16.4. The fraction of sp³-hybridized carbons (Fsp3) is 0.182. The van der Waals surface area contributed by atoms with Gasteiger partial charge in [-0.25, -0.2) is 9.97 Å². The van der Waals surface area contributed by atoms with Gasteiger partial charge in [-0.1, -0.05) is 0 Å². The summed E-state index contributed by atoms with van der Waals surface area (Å²) in [5.41, 5.74) is 3.51. The van der Waals surface area contributed by atoms with Crippen LogP contribution in [0, 0.1) is 11.3 Å². The van der Waals surface area contributed by atoms with Crippen molar-refractivity contribution >= 4 is 28.9 Å². The standard InChI is InChI=1S/C22H22N6O/c1-3-28(4-2)20-11-9-19(10-12-20)27-22-24-14-17(15-25-22)21(29)26-18-7-5-16(13-23)6-8-18/h5-12,14-15H,3-4H2,1-2H3,(H,26,29)(H,24,25,27). The molecule has 0 fully saturated rings. The number of hydrogen-bond acceptors (Lipinski definition) is 6. The number of carbonyl (C=O) groups is 1. The van der Waals surface area contributed by atoms with E-state index < -0.39 is 0 Å². The molecule has 29 heavy (non-hydrogen) atoms. The number of aromatic nitrogens is 2. The first-order valence-electron chi connectivity index (χ1n) is 9.38. The number of nitrogens with one attached hydrogen (secondary N) is 2. The van der Waals surface area contributed by atoms with Gasteiger partial charge in [0.25, 0.3) is 5.91 Å². The first-order valence-corrected chi connectivity index (χ1v) is 9.38. The maximum absolute atomic E-state index is 12.3. The summed E-state index contributed by atoms with van der Waals surface area (Å²) in [5, 5.41) is 14.7. The number of rotatable bonds is 7. The summed E-state index contributed by atoms with van der Waals surface area (Å²) >= 11 is 0. The van der Waals surface area contributed by atoms with E-state index in [0.717, 1.165) is 24.5 Å². The third-order valence-corrected chi connectivity index (χ3v) is 4.44. The monoisotopic (exact) mass is 386 g/mol. The number of benzene rings is 2. The Hall–Kier alpha value is -3.92. The highest BCUT2D eigenvalue weighted by Gasteiger charge is 2.08. The highest BCUT2D eigenvalue weighted by molar-refractivity contribution is 6.03. The van der Waals surface area contributed by atoms with E-state index in [2.05, 4.69) is 51.5 Å². The molecular formula is C22H22N6O. The minimum Gasteiger partial charge on any atom is -0.372 e. The summed E-state index contributed by atoms with van der Waals surface area (Å²) in [4.78, 5) is 23.0. The molecule has 3 aromatic rings. The molecule has 146 valence electrons. The minimum absolute atomic E-state index is 0.315. The van der Waals surface area contributed by atoms with E-state index in [9.17, 15) is 4.79 Å². The molecule has 0 bridgehead atoms. The maximum atomic E-state index is 12.3. The molecule has 0 saturated carbocycles. The molecule has 0 aliphatic rings. The topological polar surface area (TPSA) is 93.9 Å². The van der Waals surface area contributed by atoms with Crippen LogP contribution in [0.2, 0.25) is 0 Å². The van der Waals surface area contributed by atoms with Gasteiger partial charge in [0.1, 0.15) is 0 Å². The molecule has 0 atom stereocenters. The Labute approximate surface area is 170 Å². The number of nitrogens with zero attached hydrogens (tertiary/aromatic N) is 4. The summed E-state index contributed by atoms with van der Waals surface area (Å²) in [5.74, 6) is 0.0975. The number of anilines is 4. The van der Waals surface area contributed by atoms with Crippen LogP contribution in [-0.4, -0.2) is 29.0 Å². The van der Waals surface area contributed by atoms with Gasteiger partial charge in [0.15, 0.2) is 0 Å². The van der Waals surface area contributed by atoms with Crippen molar-refractivity contribution in [1.82, 2.24) is 9.97 Å². The minimum atomic E-state index is -0.315. The van der Waals surface area contributed by atoms with Crippen LogP contribution in [0.4, 0.5) is 23.0 Å². The van der Waals surface area contributed by atoms with Gasteiger partial charge in [-0.15, -0.1) is 0 Å². The van der Waals surface area contributed by atoms with Crippen molar-refractivity contribution in [3.8, 4) is 6.07 Å². The van der Waals surface area contributed by atoms with Crippen molar-refractivity contribution in [3.05, 3.63) is 72.1 Å². The second-order valence-corrected chi connectivity index (χ2v) is 6.28. The fourth-order valence-electron chi connectivity index (χ4n) is 2.81. The van der Waals surface area contributed by atoms with E-state index in [4.69, 9.17) is 5.26 Å². The van der Waals surface area contributed by atoms with Crippen LogP contribution >= 0.6 is 0 Å². The third kappa shape index (κ3) is 5.08. The van der Waals surface area contributed by atoms with E-state index in [-0.39, 0.29) is 5.91 Å². The van der Waals surface area contributed by atoms with Gasteiger partial charge in [-0.2, -0.15) is 5.26 Å². The molecule has 7 nitrogen and oxygen atoms in total. The molecule has 1 amide bonds. The average molecular weight is 386 g/mol. The van der Waals surface area contributed by atoms with Crippen LogP contribution in [0.5, 0.6) is 0 Å². The molecule has 1 heterocycles. The number of hydrogen-bond donors (Lipinski definition) is 2. The van der Waals surface area contributed by atoms with Gasteiger partial charge in [0.2, 0.25) is 5.95 Å². The van der Waals surface area contributed by atoms with Gasteiger partial charge in [-0.05, 0) is 62.4 Å². The van der Waals surface area contributed by atoms with E-state index in [1.165, 1.54) is 12.4 Å². The second kappa shape index (κ2) is 9.33. The zero-order valence-corrected chi connectivity index (χ0v) is 16.4. The Morgan fingerprint density at radius 2 is 1.55 bits per heavy atom. The smallest absolute Gasteiger partial charge is 0.258 e. The highest BCUT2D eigenvalue weighted by Crippen LogP contribution is 2.19. The van der Waals surface area contributed by atoms with Gasteiger partial charge in [0, 0.05) is 42.5 Å². The maximum Gasteiger partial charge on any atom is 0.258 e. The van der Waals surface area contributed by atoms with Crippen molar-refractivity contribution < 1.29 is 4.79 Å². The second-order valence-electron chi connectivity index (χ2n) is 6.28. The van der Waals surface area contributed by atoms with E-state index >= 15 is 0 Å². The first kappa shape index (κ1) is 19.8. The Bertz CT molecular complexity index is 987. The van der Waals surface area contributed by atoms with Crippen LogP contribution in [-0.2, 0) is 0 Å². The fourth-order valence-corrected chi connectivity index (χ4v) is 2.81. The van der Waals surface area contributed by atoms with Crippen LogP contribution in [0.25, 0.3) is 0 Å². The molecule has 3 rings (SSSR count). The molecule has 0 unspecified atom stereocenters. The highest BCUT2D eigenvalue weighted by atomic mass is 16.1. The van der Waals surface area contributed by atoms with E-state index in [1.807, 2.05) is 18.2 Å². The van der Waals surface area contributed by atoms with Crippen LogP contribution < -0.4 is 15.5 Å². The molecule has 0 radical (unpaired) electrons. The Morgan fingerprint density at radius 3 is 2.10 bits per heavy atom. The lowest BCUT2D eigenvalue weighted by Gasteiger charge is -2.21. The summed E-state index contributed by atoms with van der Waals surface area (Å²) < 4.78 is 0. The summed E-state index contributed by atoms with van der Waals surface area (Å²) in [6.45, 7) is 6.17. The zero-order chi connectivity index (χ0) is 20.6. The van der Waals surface area contributed by atoms with Gasteiger partial charge in [0.05, 0.1) is 17.2 Å². The largest absolute Gasteiger partial charge is 0.372 e. The number of carbonyl (C=O) groups excluding carboxylic acids is 1. The summed E-state index contributed by atoms with van der Waals surface area (Å²) in [6, 6.07) is 16.7. The number of nitriles is 1. The molecule has 2 N–H and O–H groups in total. The van der Waals surface area contributed by atoms with E-state index in [0.29, 0.717) is 22.8 Å². The van der Waals surface area contributed by atoms with Gasteiger partial charge < -0.3 is 15.5 Å². The van der Waals surface area contributed by atoms with Crippen molar-refractivity contribution in [3.63, 3.8) is 0 Å². The molecule has 0 aliphatic heterocycles. The molecule has 1 aromatic heterocycles. The molecule has 7 heteroatoms. The molecule has 0 aliphatic carbocycles. The molecule has 2 aromatic carbocycles.